The van der Waals surface area contributed by atoms with E-state index < -0.39 is 18.3 Å². The molecule has 0 aliphatic carbocycles. The molecule has 0 amide bonds. The van der Waals surface area contributed by atoms with Gasteiger partial charge in [0.2, 0.25) is 0 Å². The largest absolute Gasteiger partial charge is 0.403 e. The summed E-state index contributed by atoms with van der Waals surface area (Å²) in [5.74, 6) is -1.21. The predicted octanol–water partition coefficient (Wildman–Crippen LogP) is 2.90. The number of nitrogens with zero attached hydrogens (tertiary/aromatic N) is 1. The SMILES string of the molecule is CCOP(=O)(OCC)[C@@H](CC(C)C)[N+](=O)[O-]. The number of hydrogen-bond donors (Lipinski definition) is 0. The molecule has 0 spiro atoms. The molecule has 0 fully saturated rings. The van der Waals surface area contributed by atoms with Gasteiger partial charge in [-0.25, -0.2) is 0 Å². The van der Waals surface area contributed by atoms with Crippen molar-refractivity contribution in [1.29, 1.82) is 0 Å². The van der Waals surface area contributed by atoms with Crippen LogP contribution in [0.25, 0.3) is 0 Å². The Hall–Kier alpha value is -0.450. The molecule has 0 heterocycles. The minimum atomic E-state index is -3.64. The van der Waals surface area contributed by atoms with E-state index in [0.29, 0.717) is 0 Å². The summed E-state index contributed by atoms with van der Waals surface area (Å²) < 4.78 is 22.2. The van der Waals surface area contributed by atoms with Crippen molar-refractivity contribution in [1.82, 2.24) is 0 Å². The average molecular weight is 253 g/mol. The fourth-order valence-corrected chi connectivity index (χ4v) is 3.37. The lowest BCUT2D eigenvalue weighted by atomic mass is 10.1. The van der Waals surface area contributed by atoms with Gasteiger partial charge in [-0.1, -0.05) is 13.8 Å². The van der Waals surface area contributed by atoms with Crippen molar-refractivity contribution in [2.45, 2.75) is 39.9 Å². The van der Waals surface area contributed by atoms with Gasteiger partial charge >= 0.3 is 13.4 Å². The maximum atomic E-state index is 12.2. The van der Waals surface area contributed by atoms with E-state index in [4.69, 9.17) is 9.05 Å². The molecule has 6 nitrogen and oxygen atoms in total. The van der Waals surface area contributed by atoms with E-state index in [1.54, 1.807) is 13.8 Å². The van der Waals surface area contributed by atoms with Crippen molar-refractivity contribution >= 4 is 7.60 Å². The van der Waals surface area contributed by atoms with E-state index in [2.05, 4.69) is 0 Å². The molecular formula is C9H20NO5P. The second-order valence-corrected chi connectivity index (χ2v) is 5.96. The Bertz CT molecular complexity index is 259. The highest BCUT2D eigenvalue weighted by Crippen LogP contribution is 2.54. The number of hydrogen-bond acceptors (Lipinski definition) is 5. The normalized spacial score (nSPS) is 14.1. The molecule has 1 atom stereocenters. The summed E-state index contributed by atoms with van der Waals surface area (Å²) in [7, 11) is -3.64. The first-order valence-electron chi connectivity index (χ1n) is 5.39. The van der Waals surface area contributed by atoms with Crippen LogP contribution in [-0.2, 0) is 13.6 Å². The van der Waals surface area contributed by atoms with Crippen molar-refractivity contribution in [3.63, 3.8) is 0 Å². The third-order valence-corrected chi connectivity index (χ3v) is 4.27. The van der Waals surface area contributed by atoms with Gasteiger partial charge in [0.15, 0.2) is 0 Å². The first-order valence-corrected chi connectivity index (χ1v) is 7.00. The molecule has 0 radical (unpaired) electrons. The van der Waals surface area contributed by atoms with E-state index >= 15 is 0 Å². The van der Waals surface area contributed by atoms with Crippen LogP contribution in [0.5, 0.6) is 0 Å². The second-order valence-electron chi connectivity index (χ2n) is 3.77. The summed E-state index contributed by atoms with van der Waals surface area (Å²) in [6, 6.07) is 0. The molecule has 7 heteroatoms. The minimum Gasteiger partial charge on any atom is -0.304 e. The minimum absolute atomic E-state index is 0.0598. The van der Waals surface area contributed by atoms with Crippen molar-refractivity contribution in [2.24, 2.45) is 5.92 Å². The molecule has 0 saturated heterocycles. The Morgan fingerprint density at radius 1 is 1.25 bits per heavy atom. The van der Waals surface area contributed by atoms with Crippen LogP contribution in [0.15, 0.2) is 0 Å². The molecule has 0 aromatic heterocycles. The summed E-state index contributed by atoms with van der Waals surface area (Å²) in [4.78, 5) is 10.3. The van der Waals surface area contributed by atoms with Gasteiger partial charge in [0, 0.05) is 11.3 Å². The summed E-state index contributed by atoms with van der Waals surface area (Å²) in [5, 5.41) is 10.9. The quantitative estimate of drug-likeness (QED) is 0.377. The van der Waals surface area contributed by atoms with E-state index in [1.165, 1.54) is 0 Å². The van der Waals surface area contributed by atoms with Crippen molar-refractivity contribution in [3.8, 4) is 0 Å². The van der Waals surface area contributed by atoms with Gasteiger partial charge in [0.25, 0.3) is 0 Å². The molecule has 0 aromatic carbocycles. The fourth-order valence-electron chi connectivity index (χ4n) is 1.32. The highest BCUT2D eigenvalue weighted by atomic mass is 31.2. The highest BCUT2D eigenvalue weighted by Gasteiger charge is 2.45. The van der Waals surface area contributed by atoms with E-state index in [-0.39, 0.29) is 25.6 Å². The van der Waals surface area contributed by atoms with Crippen molar-refractivity contribution in [2.75, 3.05) is 13.2 Å². The first kappa shape index (κ1) is 15.6. The zero-order chi connectivity index (χ0) is 12.8. The van der Waals surface area contributed by atoms with Gasteiger partial charge < -0.3 is 9.05 Å². The molecule has 0 saturated carbocycles. The van der Waals surface area contributed by atoms with Crippen LogP contribution in [0.3, 0.4) is 0 Å². The predicted molar refractivity (Wildman–Crippen MR) is 61.1 cm³/mol. The standard InChI is InChI=1S/C9H20NO5P/c1-5-14-16(13,15-6-2)9(10(11)12)7-8(3)4/h8-9H,5-7H2,1-4H3/t9-/m0/s1. The van der Waals surface area contributed by atoms with Crippen LogP contribution in [0.2, 0.25) is 0 Å². The maximum Gasteiger partial charge on any atom is 0.403 e. The second kappa shape index (κ2) is 6.99. The first-order chi connectivity index (χ1) is 7.37. The zero-order valence-corrected chi connectivity index (χ0v) is 11.1. The lowest BCUT2D eigenvalue weighted by Gasteiger charge is -2.21. The van der Waals surface area contributed by atoms with Gasteiger partial charge in [-0.2, -0.15) is 0 Å². The smallest absolute Gasteiger partial charge is 0.304 e. The fraction of sp³-hybridized carbons (Fsp3) is 1.00. The van der Waals surface area contributed by atoms with Crippen LogP contribution < -0.4 is 0 Å². The summed E-state index contributed by atoms with van der Waals surface area (Å²) in [5.41, 5.74) is 0. The molecule has 0 N–H and O–H groups in total. The number of rotatable bonds is 8. The topological polar surface area (TPSA) is 78.7 Å². The third kappa shape index (κ3) is 4.60. The Labute approximate surface area is 96.0 Å². The van der Waals surface area contributed by atoms with Gasteiger partial charge in [-0.15, -0.1) is 0 Å². The maximum absolute atomic E-state index is 12.2. The summed E-state index contributed by atoms with van der Waals surface area (Å²) in [6.07, 6.45) is 0.185. The Morgan fingerprint density at radius 3 is 1.94 bits per heavy atom. The molecule has 16 heavy (non-hydrogen) atoms. The Morgan fingerprint density at radius 2 is 1.69 bits per heavy atom. The number of nitro groups is 1. The molecule has 0 rings (SSSR count). The summed E-state index contributed by atoms with van der Waals surface area (Å²) >= 11 is 0. The third-order valence-electron chi connectivity index (χ3n) is 1.91. The van der Waals surface area contributed by atoms with Crippen LogP contribution in [0.1, 0.15) is 34.1 Å². The van der Waals surface area contributed by atoms with Crippen LogP contribution >= 0.6 is 7.60 Å². The van der Waals surface area contributed by atoms with E-state index in [9.17, 15) is 14.7 Å². The lowest BCUT2D eigenvalue weighted by Crippen LogP contribution is -2.24. The molecule has 0 aliphatic rings. The summed E-state index contributed by atoms with van der Waals surface area (Å²) in [6.45, 7) is 7.22. The molecule has 0 aromatic rings. The molecule has 0 aliphatic heterocycles. The molecular weight excluding hydrogens is 233 g/mol. The Kier molecular flexibility index (Phi) is 6.79. The van der Waals surface area contributed by atoms with Gasteiger partial charge in [-0.3, -0.25) is 14.7 Å². The van der Waals surface area contributed by atoms with Gasteiger partial charge in [0.05, 0.1) is 13.2 Å². The van der Waals surface area contributed by atoms with Crippen LogP contribution in [0.4, 0.5) is 0 Å². The molecule has 0 bridgehead atoms. The van der Waals surface area contributed by atoms with Crippen LogP contribution in [0, 0.1) is 16.0 Å². The molecule has 0 unspecified atom stereocenters. The van der Waals surface area contributed by atoms with Crippen molar-refractivity contribution < 1.29 is 18.5 Å². The zero-order valence-electron chi connectivity index (χ0n) is 10.2. The van der Waals surface area contributed by atoms with Crippen LogP contribution in [-0.4, -0.2) is 23.9 Å². The Balaban J connectivity index is 4.93. The lowest BCUT2D eigenvalue weighted by molar-refractivity contribution is -0.503. The van der Waals surface area contributed by atoms with E-state index in [0.717, 1.165) is 0 Å². The highest BCUT2D eigenvalue weighted by molar-refractivity contribution is 7.54. The monoisotopic (exact) mass is 253 g/mol. The molecule has 96 valence electrons. The average Bonchev–Trinajstić information content (AvgIpc) is 2.14. The van der Waals surface area contributed by atoms with Gasteiger partial charge in [0.1, 0.15) is 0 Å². The van der Waals surface area contributed by atoms with Crippen molar-refractivity contribution in [3.05, 3.63) is 10.1 Å². The van der Waals surface area contributed by atoms with E-state index in [1.807, 2.05) is 13.8 Å². The van der Waals surface area contributed by atoms with Gasteiger partial charge in [-0.05, 0) is 19.8 Å².